The number of nitrogens with two attached hydrogens (primary N) is 1. The van der Waals surface area contributed by atoms with Gasteiger partial charge in [0.1, 0.15) is 0 Å². The molecule has 1 aliphatic heterocycles. The van der Waals surface area contributed by atoms with E-state index in [0.29, 0.717) is 17.8 Å². The average Bonchev–Trinajstić information content (AvgIpc) is 2.51. The van der Waals surface area contributed by atoms with E-state index < -0.39 is 0 Å². The fraction of sp³-hybridized carbons (Fsp3) is 0.941. The quantitative estimate of drug-likeness (QED) is 0.698. The molecule has 1 saturated heterocycles. The van der Waals surface area contributed by atoms with Gasteiger partial charge in [-0.1, -0.05) is 33.0 Å². The molecule has 1 fully saturated rings. The lowest BCUT2D eigenvalue weighted by Crippen LogP contribution is -2.44. The molecule has 1 heterocycles. The van der Waals surface area contributed by atoms with Crippen LogP contribution in [-0.4, -0.2) is 54.6 Å². The van der Waals surface area contributed by atoms with Crippen LogP contribution in [0.15, 0.2) is 0 Å². The van der Waals surface area contributed by atoms with Crippen LogP contribution in [0.5, 0.6) is 0 Å². The highest BCUT2D eigenvalue weighted by atomic mass is 32.1. The Morgan fingerprint density at radius 3 is 2.71 bits per heavy atom. The Morgan fingerprint density at radius 1 is 1.38 bits per heavy atom. The van der Waals surface area contributed by atoms with Gasteiger partial charge in [0.25, 0.3) is 0 Å². The number of thiocarbonyl (C=S) groups is 1. The summed E-state index contributed by atoms with van der Waals surface area (Å²) in [4.78, 5) is 6.02. The van der Waals surface area contributed by atoms with Gasteiger partial charge in [0, 0.05) is 19.0 Å². The molecule has 0 bridgehead atoms. The molecule has 3 atom stereocenters. The van der Waals surface area contributed by atoms with Crippen LogP contribution in [0.2, 0.25) is 0 Å². The third-order valence-electron chi connectivity index (χ3n) is 4.98. The predicted molar refractivity (Wildman–Crippen MR) is 96.7 cm³/mol. The van der Waals surface area contributed by atoms with E-state index in [2.05, 4.69) is 37.6 Å². The molecule has 0 aromatic carbocycles. The zero-order valence-electron chi connectivity index (χ0n) is 14.5. The van der Waals surface area contributed by atoms with Crippen molar-refractivity contribution in [3.63, 3.8) is 0 Å². The van der Waals surface area contributed by atoms with Crippen molar-refractivity contribution in [1.29, 1.82) is 0 Å². The van der Waals surface area contributed by atoms with Gasteiger partial charge >= 0.3 is 0 Å². The van der Waals surface area contributed by atoms with Gasteiger partial charge in [0.2, 0.25) is 0 Å². The number of hydrogen-bond acceptors (Lipinski definition) is 3. The number of nitrogens with zero attached hydrogens (tertiary/aromatic N) is 2. The smallest absolute Gasteiger partial charge is 0.0810 e. The Kier molecular flexibility index (Phi) is 8.76. The van der Waals surface area contributed by atoms with Crippen LogP contribution in [0.25, 0.3) is 0 Å². The van der Waals surface area contributed by atoms with Gasteiger partial charge in [-0.15, -0.1) is 0 Å². The van der Waals surface area contributed by atoms with Gasteiger partial charge in [-0.25, -0.2) is 0 Å². The third-order valence-corrected chi connectivity index (χ3v) is 5.61. The summed E-state index contributed by atoms with van der Waals surface area (Å²) in [5, 5.41) is 0. The minimum absolute atomic E-state index is 0.492. The van der Waals surface area contributed by atoms with Crippen molar-refractivity contribution < 1.29 is 0 Å². The van der Waals surface area contributed by atoms with Gasteiger partial charge in [-0.2, -0.15) is 0 Å². The van der Waals surface area contributed by atoms with Crippen LogP contribution in [-0.2, 0) is 0 Å². The maximum absolute atomic E-state index is 5.84. The molecule has 124 valence electrons. The van der Waals surface area contributed by atoms with Crippen LogP contribution < -0.4 is 5.73 Å². The topological polar surface area (TPSA) is 32.5 Å². The van der Waals surface area contributed by atoms with E-state index in [4.69, 9.17) is 18.0 Å². The normalized spacial score (nSPS) is 22.4. The summed E-state index contributed by atoms with van der Waals surface area (Å²) < 4.78 is 0. The van der Waals surface area contributed by atoms with Crippen molar-refractivity contribution in [2.24, 2.45) is 23.5 Å². The maximum atomic E-state index is 5.84. The summed E-state index contributed by atoms with van der Waals surface area (Å²) in [5.41, 5.74) is 5.84. The highest BCUT2D eigenvalue weighted by molar-refractivity contribution is 7.80. The van der Waals surface area contributed by atoms with Crippen LogP contribution in [0, 0.1) is 17.8 Å². The minimum Gasteiger partial charge on any atom is -0.366 e. The van der Waals surface area contributed by atoms with Crippen LogP contribution >= 0.6 is 12.2 Å². The first-order valence-corrected chi connectivity index (χ1v) is 9.07. The molecule has 1 rings (SSSR count). The van der Waals surface area contributed by atoms with E-state index in [-0.39, 0.29) is 0 Å². The van der Waals surface area contributed by atoms with E-state index in [9.17, 15) is 0 Å². The standard InChI is InChI=1S/C17H35N3S/c1-5-9-19(4)11-8-14(2)15(3)17(21)20-10-6-7-16(12-18)13-20/h14-16H,5-13,18H2,1-4H3. The summed E-state index contributed by atoms with van der Waals surface area (Å²) >= 11 is 5.78. The van der Waals surface area contributed by atoms with Crippen molar-refractivity contribution in [2.45, 2.75) is 46.5 Å². The first-order valence-electron chi connectivity index (χ1n) is 8.66. The molecule has 0 amide bonds. The molecule has 0 spiro atoms. The second-order valence-corrected chi connectivity index (χ2v) is 7.30. The Balaban J connectivity index is 2.41. The van der Waals surface area contributed by atoms with Crippen LogP contribution in [0.4, 0.5) is 0 Å². The summed E-state index contributed by atoms with van der Waals surface area (Å²) in [5.74, 6) is 1.77. The van der Waals surface area contributed by atoms with Gasteiger partial charge < -0.3 is 15.5 Å². The molecule has 0 saturated carbocycles. The lowest BCUT2D eigenvalue weighted by molar-refractivity contribution is 0.245. The van der Waals surface area contributed by atoms with Crippen molar-refractivity contribution in [1.82, 2.24) is 9.80 Å². The third kappa shape index (κ3) is 6.21. The van der Waals surface area contributed by atoms with Gasteiger partial charge in [0.05, 0.1) is 4.99 Å². The largest absolute Gasteiger partial charge is 0.366 e. The van der Waals surface area contributed by atoms with E-state index in [0.717, 1.165) is 19.6 Å². The Bertz CT molecular complexity index is 308. The maximum Gasteiger partial charge on any atom is 0.0810 e. The molecule has 0 aromatic heterocycles. The summed E-state index contributed by atoms with van der Waals surface area (Å²) in [6.07, 6.45) is 4.96. The Hall–Kier alpha value is -0.190. The van der Waals surface area contributed by atoms with E-state index in [1.165, 1.54) is 43.8 Å². The highest BCUT2D eigenvalue weighted by Crippen LogP contribution is 2.23. The van der Waals surface area contributed by atoms with Crippen LogP contribution in [0.1, 0.15) is 46.5 Å². The molecule has 3 nitrogen and oxygen atoms in total. The zero-order valence-corrected chi connectivity index (χ0v) is 15.3. The fourth-order valence-electron chi connectivity index (χ4n) is 3.16. The lowest BCUT2D eigenvalue weighted by atomic mass is 9.90. The number of likely N-dealkylation sites (tertiary alicyclic amines) is 1. The minimum atomic E-state index is 0.492. The van der Waals surface area contributed by atoms with E-state index >= 15 is 0 Å². The van der Waals surface area contributed by atoms with E-state index in [1.807, 2.05) is 0 Å². The number of rotatable bonds is 8. The predicted octanol–water partition coefficient (Wildman–Crippen LogP) is 2.99. The first kappa shape index (κ1) is 18.9. The molecule has 0 radical (unpaired) electrons. The second-order valence-electron chi connectivity index (χ2n) is 6.89. The molecular formula is C17H35N3S. The summed E-state index contributed by atoms with van der Waals surface area (Å²) in [6.45, 7) is 12.3. The van der Waals surface area contributed by atoms with Gasteiger partial charge in [-0.3, -0.25) is 0 Å². The fourth-order valence-corrected chi connectivity index (χ4v) is 3.55. The Morgan fingerprint density at radius 2 is 2.10 bits per heavy atom. The SMILES string of the molecule is CCCN(C)CCC(C)C(C)C(=S)N1CCCC(CN)C1. The lowest BCUT2D eigenvalue weighted by Gasteiger charge is -2.37. The first-order chi connectivity index (χ1) is 9.99. The molecule has 21 heavy (non-hydrogen) atoms. The average molecular weight is 314 g/mol. The molecular weight excluding hydrogens is 278 g/mol. The highest BCUT2D eigenvalue weighted by Gasteiger charge is 2.26. The molecule has 2 N–H and O–H groups in total. The number of piperidine rings is 1. The van der Waals surface area contributed by atoms with Crippen molar-refractivity contribution in [3.8, 4) is 0 Å². The molecule has 0 aliphatic carbocycles. The van der Waals surface area contributed by atoms with Gasteiger partial charge in [0.15, 0.2) is 0 Å². The molecule has 3 unspecified atom stereocenters. The van der Waals surface area contributed by atoms with E-state index in [1.54, 1.807) is 0 Å². The monoisotopic (exact) mass is 313 g/mol. The molecule has 0 aromatic rings. The van der Waals surface area contributed by atoms with Crippen molar-refractivity contribution in [3.05, 3.63) is 0 Å². The second kappa shape index (κ2) is 9.75. The van der Waals surface area contributed by atoms with Crippen molar-refractivity contribution in [2.75, 3.05) is 39.8 Å². The molecule has 1 aliphatic rings. The van der Waals surface area contributed by atoms with Crippen molar-refractivity contribution >= 4 is 17.2 Å². The molecule has 4 heteroatoms. The van der Waals surface area contributed by atoms with Gasteiger partial charge in [-0.05, 0) is 64.2 Å². The Labute approximate surface area is 137 Å². The zero-order chi connectivity index (χ0) is 15.8. The van der Waals surface area contributed by atoms with Crippen LogP contribution in [0.3, 0.4) is 0 Å². The summed E-state index contributed by atoms with van der Waals surface area (Å²) in [6, 6.07) is 0. The number of hydrogen-bond donors (Lipinski definition) is 1. The summed E-state index contributed by atoms with van der Waals surface area (Å²) in [7, 11) is 2.22.